The maximum atomic E-state index is 12.9. The monoisotopic (exact) mass is 614 g/mol. The van der Waals surface area contributed by atoms with Gasteiger partial charge >= 0.3 is 6.09 Å². The highest BCUT2D eigenvalue weighted by Crippen LogP contribution is 2.39. The van der Waals surface area contributed by atoms with E-state index in [1.165, 1.54) is 0 Å². The molecule has 13 heteroatoms. The molecule has 3 atom stereocenters. The number of ether oxygens (including phenoxy) is 2. The number of carbonyl (C=O) groups excluding carboxylic acids is 1. The average Bonchev–Trinajstić information content (AvgIpc) is 3.36. The van der Waals surface area contributed by atoms with Crippen LogP contribution in [0, 0.1) is 11.8 Å². The molecule has 0 bridgehead atoms. The smallest absolute Gasteiger partial charge is 0.408 e. The topological polar surface area (TPSA) is 149 Å². The van der Waals surface area contributed by atoms with Crippen molar-refractivity contribution in [1.29, 1.82) is 0 Å². The van der Waals surface area contributed by atoms with E-state index in [0.29, 0.717) is 42.8 Å². The van der Waals surface area contributed by atoms with E-state index in [1.54, 1.807) is 46.9 Å². The van der Waals surface area contributed by atoms with Crippen LogP contribution in [0.25, 0.3) is 11.5 Å². The second-order valence-corrected chi connectivity index (χ2v) is 14.2. The third-order valence-electron chi connectivity index (χ3n) is 7.04. The first-order valence-electron chi connectivity index (χ1n) is 14.3. The van der Waals surface area contributed by atoms with E-state index in [-0.39, 0.29) is 17.6 Å². The summed E-state index contributed by atoms with van der Waals surface area (Å²) in [6, 6.07) is 13.0. The maximum absolute atomic E-state index is 12.9. The lowest BCUT2D eigenvalue weighted by molar-refractivity contribution is 0.0443. The predicted molar refractivity (Wildman–Crippen MR) is 164 cm³/mol. The zero-order valence-electron chi connectivity index (χ0n) is 25.9. The lowest BCUT2D eigenvalue weighted by Crippen LogP contribution is -2.47. The minimum atomic E-state index is -3.62. The van der Waals surface area contributed by atoms with Gasteiger partial charge in [-0.1, -0.05) is 37.3 Å². The van der Waals surface area contributed by atoms with Crippen LogP contribution in [0.15, 0.2) is 46.9 Å². The molecule has 2 heterocycles. The van der Waals surface area contributed by atoms with Gasteiger partial charge in [-0.05, 0) is 63.6 Å². The van der Waals surface area contributed by atoms with Crippen molar-refractivity contribution in [3.05, 3.63) is 53.9 Å². The Balaban J connectivity index is 1.73. The van der Waals surface area contributed by atoms with Crippen LogP contribution >= 0.6 is 0 Å². The minimum absolute atomic E-state index is 0.125. The summed E-state index contributed by atoms with van der Waals surface area (Å²) in [5.41, 5.74) is -0.415. The first-order chi connectivity index (χ1) is 20.1. The summed E-state index contributed by atoms with van der Waals surface area (Å²) in [5, 5.41) is 11.6. The molecule has 0 aliphatic heterocycles. The Labute approximate surface area is 253 Å². The Morgan fingerprint density at radius 2 is 1.84 bits per heavy atom. The molecule has 0 saturated heterocycles. The summed E-state index contributed by atoms with van der Waals surface area (Å²) in [6.45, 7) is 11.2. The fourth-order valence-electron chi connectivity index (χ4n) is 4.75. The van der Waals surface area contributed by atoms with E-state index in [0.717, 1.165) is 24.8 Å². The van der Waals surface area contributed by atoms with Gasteiger partial charge in [-0.15, -0.1) is 10.2 Å². The predicted octanol–water partition coefficient (Wildman–Crippen LogP) is 4.59. The molecular weight excluding hydrogens is 572 g/mol. The Morgan fingerprint density at radius 1 is 1.14 bits per heavy atom. The third kappa shape index (κ3) is 9.39. The van der Waals surface area contributed by atoms with Crippen LogP contribution in [0.3, 0.4) is 0 Å². The molecule has 0 unspecified atom stereocenters. The molecule has 1 fully saturated rings. The van der Waals surface area contributed by atoms with Crippen molar-refractivity contribution in [1.82, 2.24) is 20.5 Å². The molecule has 2 aromatic heterocycles. The first kappa shape index (κ1) is 32.2. The largest absolute Gasteiger partial charge is 0.444 e. The Bertz CT molecular complexity index is 1510. The van der Waals surface area contributed by atoms with Gasteiger partial charge < -0.3 is 24.1 Å². The van der Waals surface area contributed by atoms with E-state index in [1.807, 2.05) is 30.3 Å². The summed E-state index contributed by atoms with van der Waals surface area (Å²) in [7, 11) is -1.98. The number of rotatable bonds is 13. The Kier molecular flexibility index (Phi) is 9.65. The molecule has 0 spiro atoms. The summed E-state index contributed by atoms with van der Waals surface area (Å²) >= 11 is 0. The standard InChI is InChI=1S/C30H42N6O6S/c1-20-15-23(20)19-36(13-14-40-6)25-17-22(16-24(31-25)35-43(7,38)39)26-33-34-27(41-26)30(5,18-21-11-9-8-10-12-21)32-28(37)42-29(2,3)4/h8-12,16-17,20,23H,13-15,18-19H2,1-7H3,(H,31,35)(H,32,37)/t20-,23+,30-/m1/s1. The number of benzene rings is 1. The summed E-state index contributed by atoms with van der Waals surface area (Å²) in [6.07, 6.45) is 1.91. The average molecular weight is 615 g/mol. The highest BCUT2D eigenvalue weighted by Gasteiger charge is 2.37. The van der Waals surface area contributed by atoms with Crippen LogP contribution < -0.4 is 14.9 Å². The summed E-state index contributed by atoms with van der Waals surface area (Å²) < 4.78 is 43.9. The molecule has 1 aromatic carbocycles. The molecule has 12 nitrogen and oxygen atoms in total. The van der Waals surface area contributed by atoms with Crippen molar-refractivity contribution < 1.29 is 27.1 Å². The zero-order valence-corrected chi connectivity index (χ0v) is 26.7. The number of nitrogens with one attached hydrogen (secondary N) is 2. The SMILES string of the molecule is COCCN(C[C@@H]1C[C@H]1C)c1cc(-c2nnc([C@@](C)(Cc3ccccc3)NC(=O)OC(C)(C)C)o2)cc(NS(C)(=O)=O)n1. The van der Waals surface area contributed by atoms with Gasteiger partial charge in [0.1, 0.15) is 22.8 Å². The molecule has 1 aliphatic carbocycles. The van der Waals surface area contributed by atoms with Crippen LogP contribution in [0.4, 0.5) is 16.4 Å². The van der Waals surface area contributed by atoms with Gasteiger partial charge in [0, 0.05) is 32.2 Å². The molecule has 234 valence electrons. The van der Waals surface area contributed by atoms with E-state index in [4.69, 9.17) is 13.9 Å². The molecule has 3 aromatic rings. The van der Waals surface area contributed by atoms with Gasteiger partial charge in [-0.25, -0.2) is 18.2 Å². The van der Waals surface area contributed by atoms with Gasteiger partial charge in [0.25, 0.3) is 0 Å². The Hall–Kier alpha value is -3.71. The van der Waals surface area contributed by atoms with E-state index in [9.17, 15) is 13.2 Å². The number of alkyl carbamates (subject to hydrolysis) is 1. The van der Waals surface area contributed by atoms with Crippen LogP contribution in [0.2, 0.25) is 0 Å². The van der Waals surface area contributed by atoms with Crippen molar-refractivity contribution >= 4 is 27.8 Å². The van der Waals surface area contributed by atoms with Gasteiger partial charge in [0.05, 0.1) is 12.9 Å². The van der Waals surface area contributed by atoms with Crippen LogP contribution in [-0.4, -0.2) is 68.4 Å². The Morgan fingerprint density at radius 3 is 2.44 bits per heavy atom. The molecule has 1 saturated carbocycles. The second-order valence-electron chi connectivity index (χ2n) is 12.4. The highest BCUT2D eigenvalue weighted by atomic mass is 32.2. The van der Waals surface area contributed by atoms with Gasteiger partial charge in [0.15, 0.2) is 0 Å². The lowest BCUT2D eigenvalue weighted by Gasteiger charge is -2.29. The van der Waals surface area contributed by atoms with E-state index < -0.39 is 27.3 Å². The number of pyridine rings is 1. The summed E-state index contributed by atoms with van der Waals surface area (Å²) in [5.74, 6) is 2.11. The normalized spacial score (nSPS) is 18.0. The fraction of sp³-hybridized carbons (Fsp3) is 0.533. The maximum Gasteiger partial charge on any atom is 0.408 e. The minimum Gasteiger partial charge on any atom is -0.444 e. The number of methoxy groups -OCH3 is 1. The number of sulfonamides is 1. The van der Waals surface area contributed by atoms with Crippen LogP contribution in [0.5, 0.6) is 0 Å². The van der Waals surface area contributed by atoms with Gasteiger partial charge in [0.2, 0.25) is 21.8 Å². The van der Waals surface area contributed by atoms with Gasteiger partial charge in [-0.3, -0.25) is 4.72 Å². The fourth-order valence-corrected chi connectivity index (χ4v) is 5.23. The van der Waals surface area contributed by atoms with Gasteiger partial charge in [-0.2, -0.15) is 0 Å². The highest BCUT2D eigenvalue weighted by molar-refractivity contribution is 7.92. The van der Waals surface area contributed by atoms with E-state index in [2.05, 4.69) is 37.0 Å². The van der Waals surface area contributed by atoms with Crippen molar-refractivity contribution in [3.63, 3.8) is 0 Å². The number of amides is 1. The zero-order chi connectivity index (χ0) is 31.4. The van der Waals surface area contributed by atoms with E-state index >= 15 is 0 Å². The number of aromatic nitrogens is 3. The van der Waals surface area contributed by atoms with Crippen molar-refractivity contribution in [2.24, 2.45) is 11.8 Å². The molecule has 0 radical (unpaired) electrons. The molecule has 4 rings (SSSR count). The number of nitrogens with zero attached hydrogens (tertiary/aromatic N) is 4. The molecule has 1 aliphatic rings. The molecule has 2 N–H and O–H groups in total. The van der Waals surface area contributed by atoms with Crippen LogP contribution in [0.1, 0.15) is 52.5 Å². The number of anilines is 2. The summed E-state index contributed by atoms with van der Waals surface area (Å²) in [4.78, 5) is 19.6. The number of hydrogen-bond donors (Lipinski definition) is 2. The van der Waals surface area contributed by atoms with Crippen molar-refractivity contribution in [3.8, 4) is 11.5 Å². The molecule has 1 amide bonds. The molecular formula is C30H42N6O6S. The quantitative estimate of drug-likeness (QED) is 0.280. The number of hydrogen-bond acceptors (Lipinski definition) is 10. The second kappa shape index (κ2) is 12.9. The van der Waals surface area contributed by atoms with Crippen molar-refractivity contribution in [2.75, 3.05) is 42.7 Å². The lowest BCUT2D eigenvalue weighted by atomic mass is 9.92. The third-order valence-corrected chi connectivity index (χ3v) is 7.62. The van der Waals surface area contributed by atoms with Crippen molar-refractivity contribution in [2.45, 2.75) is 58.6 Å². The molecule has 43 heavy (non-hydrogen) atoms. The first-order valence-corrected chi connectivity index (χ1v) is 16.2. The number of carbonyl (C=O) groups is 1. The van der Waals surface area contributed by atoms with Crippen LogP contribution in [-0.2, 0) is 31.5 Å².